The second-order valence-electron chi connectivity index (χ2n) is 7.49. The van der Waals surface area contributed by atoms with Crippen molar-refractivity contribution in [3.8, 4) is 6.07 Å². The van der Waals surface area contributed by atoms with E-state index in [0.717, 1.165) is 5.56 Å². The van der Waals surface area contributed by atoms with Crippen LogP contribution < -0.4 is 10.6 Å². The van der Waals surface area contributed by atoms with Crippen LogP contribution in [0.4, 0.5) is 4.79 Å². The number of rotatable bonds is 9. The maximum absolute atomic E-state index is 12.9. The van der Waals surface area contributed by atoms with E-state index in [-0.39, 0.29) is 18.9 Å². The molecule has 0 radical (unpaired) electrons. The summed E-state index contributed by atoms with van der Waals surface area (Å²) in [6.07, 6.45) is -0.669. The van der Waals surface area contributed by atoms with E-state index in [1.807, 2.05) is 30.3 Å². The average molecular weight is 437 g/mol. The molecule has 2 atom stereocenters. The van der Waals surface area contributed by atoms with Gasteiger partial charge in [0.25, 0.3) is 0 Å². The van der Waals surface area contributed by atoms with Gasteiger partial charge in [0.2, 0.25) is 5.91 Å². The molecule has 168 valence electrons. The van der Waals surface area contributed by atoms with Gasteiger partial charge in [-0.05, 0) is 23.1 Å². The molecular formula is C24H27N3O5. The molecule has 0 aliphatic rings. The zero-order valence-corrected chi connectivity index (χ0v) is 18.3. The lowest BCUT2D eigenvalue weighted by molar-refractivity contribution is -0.145. The Morgan fingerprint density at radius 1 is 1.00 bits per heavy atom. The molecule has 0 aliphatic heterocycles. The summed E-state index contributed by atoms with van der Waals surface area (Å²) in [6.45, 7) is 3.59. The van der Waals surface area contributed by atoms with E-state index in [1.54, 1.807) is 38.1 Å². The average Bonchev–Trinajstić information content (AvgIpc) is 2.80. The first-order valence-corrected chi connectivity index (χ1v) is 10.2. The molecule has 0 saturated carbocycles. The first kappa shape index (κ1) is 24.4. The summed E-state index contributed by atoms with van der Waals surface area (Å²) in [4.78, 5) is 37.5. The maximum Gasteiger partial charge on any atom is 0.408 e. The molecule has 0 fully saturated rings. The van der Waals surface area contributed by atoms with Crippen molar-refractivity contribution in [3.05, 3.63) is 71.3 Å². The number of methoxy groups -OCH3 is 1. The van der Waals surface area contributed by atoms with Gasteiger partial charge in [-0.15, -0.1) is 0 Å². The van der Waals surface area contributed by atoms with Crippen molar-refractivity contribution in [1.29, 1.82) is 5.26 Å². The van der Waals surface area contributed by atoms with Gasteiger partial charge in [0, 0.05) is 6.42 Å². The van der Waals surface area contributed by atoms with Crippen LogP contribution in [-0.2, 0) is 32.1 Å². The summed E-state index contributed by atoms with van der Waals surface area (Å²) in [5, 5.41) is 14.5. The van der Waals surface area contributed by atoms with E-state index in [4.69, 9.17) is 9.47 Å². The molecule has 2 N–H and O–H groups in total. The second kappa shape index (κ2) is 12.1. The highest BCUT2D eigenvalue weighted by atomic mass is 16.5. The molecule has 32 heavy (non-hydrogen) atoms. The van der Waals surface area contributed by atoms with E-state index >= 15 is 0 Å². The van der Waals surface area contributed by atoms with E-state index in [0.29, 0.717) is 11.1 Å². The van der Waals surface area contributed by atoms with Gasteiger partial charge in [0.05, 0.1) is 18.7 Å². The van der Waals surface area contributed by atoms with Gasteiger partial charge in [0.1, 0.15) is 18.7 Å². The van der Waals surface area contributed by atoms with Crippen LogP contribution in [0.2, 0.25) is 0 Å². The summed E-state index contributed by atoms with van der Waals surface area (Å²) in [6, 6.07) is 16.1. The van der Waals surface area contributed by atoms with Gasteiger partial charge in [-0.1, -0.05) is 62.4 Å². The number of hydrogen-bond donors (Lipinski definition) is 2. The van der Waals surface area contributed by atoms with Crippen LogP contribution in [0.15, 0.2) is 54.6 Å². The molecule has 2 amide bonds. The number of carbonyl (C=O) groups is 3. The highest BCUT2D eigenvalue weighted by molar-refractivity contribution is 5.90. The van der Waals surface area contributed by atoms with Gasteiger partial charge in [-0.25, -0.2) is 9.59 Å². The fraction of sp³-hybridized carbons (Fsp3) is 0.333. The summed E-state index contributed by atoms with van der Waals surface area (Å²) in [5.74, 6) is -1.48. The van der Waals surface area contributed by atoms with Crippen molar-refractivity contribution in [2.45, 2.75) is 39.0 Å². The number of benzene rings is 2. The lowest BCUT2D eigenvalue weighted by Gasteiger charge is -2.24. The van der Waals surface area contributed by atoms with Crippen LogP contribution >= 0.6 is 0 Å². The summed E-state index contributed by atoms with van der Waals surface area (Å²) in [7, 11) is 1.22. The van der Waals surface area contributed by atoms with Gasteiger partial charge in [-0.3, -0.25) is 4.79 Å². The fourth-order valence-electron chi connectivity index (χ4n) is 3.05. The van der Waals surface area contributed by atoms with Crippen molar-refractivity contribution in [2.75, 3.05) is 7.11 Å². The Labute approximate surface area is 187 Å². The molecule has 0 unspecified atom stereocenters. The molecule has 0 spiro atoms. The highest BCUT2D eigenvalue weighted by Gasteiger charge is 2.30. The Morgan fingerprint density at radius 3 is 2.28 bits per heavy atom. The quantitative estimate of drug-likeness (QED) is 0.583. The molecule has 2 rings (SSSR count). The maximum atomic E-state index is 12.9. The summed E-state index contributed by atoms with van der Waals surface area (Å²) >= 11 is 0. The minimum atomic E-state index is -1.02. The molecule has 0 aromatic heterocycles. The molecule has 0 bridgehead atoms. The Balaban J connectivity index is 2.06. The Morgan fingerprint density at radius 2 is 1.66 bits per heavy atom. The summed E-state index contributed by atoms with van der Waals surface area (Å²) in [5.41, 5.74) is 1.82. The molecule has 0 aliphatic carbocycles. The van der Waals surface area contributed by atoms with E-state index in [1.165, 1.54) is 7.11 Å². The van der Waals surface area contributed by atoms with E-state index < -0.39 is 30.1 Å². The normalized spacial score (nSPS) is 12.2. The van der Waals surface area contributed by atoms with Crippen molar-refractivity contribution in [3.63, 3.8) is 0 Å². The smallest absolute Gasteiger partial charge is 0.408 e. The minimum absolute atomic E-state index is 0.0643. The van der Waals surface area contributed by atoms with Crippen molar-refractivity contribution in [2.24, 2.45) is 5.92 Å². The second-order valence-corrected chi connectivity index (χ2v) is 7.49. The number of carbonyl (C=O) groups excluding carboxylic acids is 3. The number of amides is 2. The van der Waals surface area contributed by atoms with Crippen molar-refractivity contribution in [1.82, 2.24) is 10.6 Å². The van der Waals surface area contributed by atoms with Crippen LogP contribution in [0.1, 0.15) is 30.5 Å². The fourth-order valence-corrected chi connectivity index (χ4v) is 3.05. The first-order chi connectivity index (χ1) is 15.3. The van der Waals surface area contributed by atoms with Crippen molar-refractivity contribution < 1.29 is 23.9 Å². The lowest BCUT2D eigenvalue weighted by atomic mass is 9.99. The number of nitriles is 1. The van der Waals surface area contributed by atoms with Gasteiger partial charge >= 0.3 is 12.1 Å². The SMILES string of the molecule is COC(=O)[C@H](Cc1ccccc1C#N)NC(=O)[C@@H](NC(=O)OCc1ccccc1)C(C)C. The number of ether oxygens (including phenoxy) is 2. The van der Waals surface area contributed by atoms with Gasteiger partial charge in [0.15, 0.2) is 0 Å². The number of nitrogens with one attached hydrogen (secondary N) is 2. The highest BCUT2D eigenvalue weighted by Crippen LogP contribution is 2.12. The third kappa shape index (κ3) is 7.13. The Hall–Kier alpha value is -3.86. The largest absolute Gasteiger partial charge is 0.467 e. The number of hydrogen-bond acceptors (Lipinski definition) is 6. The van der Waals surface area contributed by atoms with Crippen LogP contribution in [0, 0.1) is 17.2 Å². The van der Waals surface area contributed by atoms with E-state index in [9.17, 15) is 19.6 Å². The standard InChI is InChI=1S/C24H27N3O5/c1-16(2)21(27-24(30)32-15-17-9-5-4-6-10-17)22(28)26-20(23(29)31-3)13-18-11-7-8-12-19(18)14-25/h4-12,16,20-21H,13,15H2,1-3H3,(H,26,28)(H,27,30)/t20-,21-/m0/s1. The Kier molecular flexibility index (Phi) is 9.23. The van der Waals surface area contributed by atoms with Crippen LogP contribution in [0.3, 0.4) is 0 Å². The molecule has 8 nitrogen and oxygen atoms in total. The van der Waals surface area contributed by atoms with Crippen LogP contribution in [0.5, 0.6) is 0 Å². The zero-order valence-electron chi connectivity index (χ0n) is 18.3. The third-order valence-corrected chi connectivity index (χ3v) is 4.80. The van der Waals surface area contributed by atoms with Crippen LogP contribution in [-0.4, -0.2) is 37.2 Å². The van der Waals surface area contributed by atoms with Gasteiger partial charge in [-0.2, -0.15) is 5.26 Å². The number of alkyl carbamates (subject to hydrolysis) is 1. The Bertz CT molecular complexity index is 969. The monoisotopic (exact) mass is 437 g/mol. The topological polar surface area (TPSA) is 118 Å². The predicted molar refractivity (Wildman–Crippen MR) is 117 cm³/mol. The third-order valence-electron chi connectivity index (χ3n) is 4.80. The molecule has 0 heterocycles. The number of nitrogens with zero attached hydrogens (tertiary/aromatic N) is 1. The van der Waals surface area contributed by atoms with Crippen molar-refractivity contribution >= 4 is 18.0 Å². The number of esters is 1. The van der Waals surface area contributed by atoms with Gasteiger partial charge < -0.3 is 20.1 Å². The molecule has 2 aromatic rings. The van der Waals surface area contributed by atoms with Crippen LogP contribution in [0.25, 0.3) is 0 Å². The molecular weight excluding hydrogens is 410 g/mol. The first-order valence-electron chi connectivity index (χ1n) is 10.2. The molecule has 8 heteroatoms. The zero-order chi connectivity index (χ0) is 23.5. The minimum Gasteiger partial charge on any atom is -0.467 e. The predicted octanol–water partition coefficient (Wildman–Crippen LogP) is 2.71. The summed E-state index contributed by atoms with van der Waals surface area (Å²) < 4.78 is 10.0. The lowest BCUT2D eigenvalue weighted by Crippen LogP contribution is -2.54. The van der Waals surface area contributed by atoms with E-state index in [2.05, 4.69) is 16.7 Å². The molecule has 2 aromatic carbocycles. The molecule has 0 saturated heterocycles.